The fourth-order valence-electron chi connectivity index (χ4n) is 3.46. The van der Waals surface area contributed by atoms with E-state index < -0.39 is 0 Å². The summed E-state index contributed by atoms with van der Waals surface area (Å²) >= 11 is 0. The standard InChI is InChI=1S/C24H29NO4/c1-4-27-21-16-20(17-22(28-5-2)23(21)29-6-3)24(26)25-14-12-19(13-15-25)18-10-8-7-9-11-18/h7-12,16-17H,4-6,13-15H2,1-3H3. The Balaban J connectivity index is 1.84. The van der Waals surface area contributed by atoms with E-state index in [0.717, 1.165) is 6.42 Å². The maximum absolute atomic E-state index is 13.2. The minimum Gasteiger partial charge on any atom is -0.490 e. The van der Waals surface area contributed by atoms with Gasteiger partial charge >= 0.3 is 0 Å². The van der Waals surface area contributed by atoms with Crippen LogP contribution in [-0.2, 0) is 0 Å². The van der Waals surface area contributed by atoms with Gasteiger partial charge < -0.3 is 19.1 Å². The Bertz CT molecular complexity index is 833. The van der Waals surface area contributed by atoms with Crippen LogP contribution in [0.4, 0.5) is 0 Å². The highest BCUT2D eigenvalue weighted by Crippen LogP contribution is 2.39. The molecule has 2 aromatic rings. The van der Waals surface area contributed by atoms with E-state index in [1.165, 1.54) is 11.1 Å². The lowest BCUT2D eigenvalue weighted by atomic mass is 9.99. The van der Waals surface area contributed by atoms with Crippen LogP contribution in [0.1, 0.15) is 43.1 Å². The van der Waals surface area contributed by atoms with Crippen molar-refractivity contribution < 1.29 is 19.0 Å². The predicted molar refractivity (Wildman–Crippen MR) is 115 cm³/mol. The molecule has 0 spiro atoms. The molecule has 1 heterocycles. The molecule has 5 nitrogen and oxygen atoms in total. The quantitative estimate of drug-likeness (QED) is 0.643. The highest BCUT2D eigenvalue weighted by Gasteiger charge is 2.23. The normalized spacial score (nSPS) is 13.6. The van der Waals surface area contributed by atoms with E-state index in [9.17, 15) is 4.79 Å². The summed E-state index contributed by atoms with van der Waals surface area (Å²) in [7, 11) is 0. The van der Waals surface area contributed by atoms with E-state index >= 15 is 0 Å². The van der Waals surface area contributed by atoms with Crippen LogP contribution < -0.4 is 14.2 Å². The molecule has 1 amide bonds. The first-order chi connectivity index (χ1) is 14.2. The summed E-state index contributed by atoms with van der Waals surface area (Å²) in [6.07, 6.45) is 2.97. The van der Waals surface area contributed by atoms with Gasteiger partial charge in [0.25, 0.3) is 5.91 Å². The zero-order valence-corrected chi connectivity index (χ0v) is 17.4. The van der Waals surface area contributed by atoms with Crippen LogP contribution in [0, 0.1) is 0 Å². The number of ether oxygens (including phenoxy) is 3. The van der Waals surface area contributed by atoms with E-state index in [4.69, 9.17) is 14.2 Å². The Morgan fingerprint density at radius 3 is 2.07 bits per heavy atom. The topological polar surface area (TPSA) is 48.0 Å². The monoisotopic (exact) mass is 395 g/mol. The first-order valence-electron chi connectivity index (χ1n) is 10.3. The molecular formula is C24H29NO4. The molecule has 0 radical (unpaired) electrons. The maximum atomic E-state index is 13.2. The van der Waals surface area contributed by atoms with Gasteiger partial charge in [-0.15, -0.1) is 0 Å². The second kappa shape index (κ2) is 10.0. The molecule has 0 N–H and O–H groups in total. The van der Waals surface area contributed by atoms with E-state index in [0.29, 0.717) is 55.7 Å². The molecule has 0 atom stereocenters. The number of rotatable bonds is 8. The smallest absolute Gasteiger partial charge is 0.254 e. The average Bonchev–Trinajstić information content (AvgIpc) is 2.76. The predicted octanol–water partition coefficient (Wildman–Crippen LogP) is 4.81. The number of hydrogen-bond acceptors (Lipinski definition) is 4. The van der Waals surface area contributed by atoms with Gasteiger partial charge in [0.2, 0.25) is 5.75 Å². The summed E-state index contributed by atoms with van der Waals surface area (Å²) in [6, 6.07) is 13.8. The Hall–Kier alpha value is -2.95. The Morgan fingerprint density at radius 1 is 0.931 bits per heavy atom. The lowest BCUT2D eigenvalue weighted by Crippen LogP contribution is -2.34. The average molecular weight is 395 g/mol. The van der Waals surface area contributed by atoms with Crippen molar-refractivity contribution in [2.45, 2.75) is 27.2 Å². The summed E-state index contributed by atoms with van der Waals surface area (Å²) in [5.41, 5.74) is 3.06. The van der Waals surface area contributed by atoms with Crippen molar-refractivity contribution in [3.8, 4) is 17.2 Å². The zero-order chi connectivity index (χ0) is 20.6. The van der Waals surface area contributed by atoms with Crippen molar-refractivity contribution in [2.75, 3.05) is 32.9 Å². The van der Waals surface area contributed by atoms with Crippen molar-refractivity contribution in [1.82, 2.24) is 4.90 Å². The number of carbonyl (C=O) groups is 1. The fourth-order valence-corrected chi connectivity index (χ4v) is 3.46. The summed E-state index contributed by atoms with van der Waals surface area (Å²) < 4.78 is 17.2. The molecule has 1 aliphatic heterocycles. The van der Waals surface area contributed by atoms with Crippen LogP contribution in [0.15, 0.2) is 48.5 Å². The number of nitrogens with zero attached hydrogens (tertiary/aromatic N) is 1. The van der Waals surface area contributed by atoms with Crippen molar-refractivity contribution >= 4 is 11.5 Å². The second-order valence-electron chi connectivity index (χ2n) is 6.70. The SMILES string of the molecule is CCOc1cc(C(=O)N2CC=C(c3ccccc3)CC2)cc(OCC)c1OCC. The first kappa shape index (κ1) is 20.8. The summed E-state index contributed by atoms with van der Waals surface area (Å²) in [5, 5.41) is 0. The van der Waals surface area contributed by atoms with Gasteiger partial charge in [-0.2, -0.15) is 0 Å². The molecule has 0 saturated heterocycles. The van der Waals surface area contributed by atoms with E-state index in [1.54, 1.807) is 12.1 Å². The van der Waals surface area contributed by atoms with Gasteiger partial charge in [0, 0.05) is 18.7 Å². The number of amides is 1. The van der Waals surface area contributed by atoms with Crippen LogP contribution in [-0.4, -0.2) is 43.7 Å². The number of benzene rings is 2. The van der Waals surface area contributed by atoms with E-state index in [-0.39, 0.29) is 5.91 Å². The first-order valence-corrected chi connectivity index (χ1v) is 10.3. The van der Waals surface area contributed by atoms with Crippen molar-refractivity contribution in [3.05, 3.63) is 59.7 Å². The second-order valence-corrected chi connectivity index (χ2v) is 6.70. The molecule has 154 valence electrons. The van der Waals surface area contributed by atoms with Crippen LogP contribution in [0.2, 0.25) is 0 Å². The molecule has 3 rings (SSSR count). The minimum absolute atomic E-state index is 0.0293. The molecule has 29 heavy (non-hydrogen) atoms. The van der Waals surface area contributed by atoms with Gasteiger partial charge in [0.15, 0.2) is 11.5 Å². The van der Waals surface area contributed by atoms with Crippen molar-refractivity contribution in [3.63, 3.8) is 0 Å². The lowest BCUT2D eigenvalue weighted by molar-refractivity contribution is 0.0771. The lowest BCUT2D eigenvalue weighted by Gasteiger charge is -2.27. The van der Waals surface area contributed by atoms with Crippen molar-refractivity contribution in [2.24, 2.45) is 0 Å². The number of hydrogen-bond donors (Lipinski definition) is 0. The van der Waals surface area contributed by atoms with Crippen LogP contribution in [0.25, 0.3) is 5.57 Å². The largest absolute Gasteiger partial charge is 0.490 e. The highest BCUT2D eigenvalue weighted by atomic mass is 16.5. The summed E-state index contributed by atoms with van der Waals surface area (Å²) in [5.74, 6) is 1.61. The third kappa shape index (κ3) is 4.91. The molecule has 0 bridgehead atoms. The van der Waals surface area contributed by atoms with Gasteiger partial charge in [-0.25, -0.2) is 0 Å². The van der Waals surface area contributed by atoms with Gasteiger partial charge in [-0.1, -0.05) is 36.4 Å². The molecule has 5 heteroatoms. The van der Waals surface area contributed by atoms with Crippen molar-refractivity contribution in [1.29, 1.82) is 0 Å². The van der Waals surface area contributed by atoms with Crippen LogP contribution >= 0.6 is 0 Å². The molecule has 0 aromatic heterocycles. The van der Waals surface area contributed by atoms with Crippen LogP contribution in [0.3, 0.4) is 0 Å². The Morgan fingerprint density at radius 2 is 1.55 bits per heavy atom. The third-order valence-electron chi connectivity index (χ3n) is 4.80. The molecule has 0 unspecified atom stereocenters. The maximum Gasteiger partial charge on any atom is 0.254 e. The highest BCUT2D eigenvalue weighted by molar-refractivity contribution is 5.96. The fraction of sp³-hybridized carbons (Fsp3) is 0.375. The Kier molecular flexibility index (Phi) is 7.17. The van der Waals surface area contributed by atoms with Gasteiger partial charge in [-0.3, -0.25) is 4.79 Å². The van der Waals surface area contributed by atoms with Gasteiger partial charge in [-0.05, 0) is 50.5 Å². The van der Waals surface area contributed by atoms with Gasteiger partial charge in [0.05, 0.1) is 19.8 Å². The summed E-state index contributed by atoms with van der Waals surface area (Å²) in [6.45, 7) is 8.45. The molecular weight excluding hydrogens is 366 g/mol. The number of carbonyl (C=O) groups excluding carboxylic acids is 1. The molecule has 0 saturated carbocycles. The third-order valence-corrected chi connectivity index (χ3v) is 4.80. The molecule has 2 aromatic carbocycles. The van der Waals surface area contributed by atoms with Gasteiger partial charge in [0.1, 0.15) is 0 Å². The Labute approximate surface area is 172 Å². The minimum atomic E-state index is -0.0293. The molecule has 0 aliphatic carbocycles. The van der Waals surface area contributed by atoms with E-state index in [2.05, 4.69) is 18.2 Å². The molecule has 0 fully saturated rings. The summed E-state index contributed by atoms with van der Waals surface area (Å²) in [4.78, 5) is 15.0. The zero-order valence-electron chi connectivity index (χ0n) is 17.4. The van der Waals surface area contributed by atoms with E-state index in [1.807, 2.05) is 43.9 Å². The molecule has 1 aliphatic rings. The van der Waals surface area contributed by atoms with Crippen LogP contribution in [0.5, 0.6) is 17.2 Å².